The number of aromatic nitrogens is 4. The molecule has 12 heteroatoms. The molecule has 0 aliphatic rings. The van der Waals surface area contributed by atoms with Crippen LogP contribution in [0.2, 0.25) is 0 Å². The van der Waals surface area contributed by atoms with Gasteiger partial charge in [-0.05, 0) is 19.1 Å². The minimum atomic E-state index is -2.77. The second-order valence-electron chi connectivity index (χ2n) is 8.07. The lowest BCUT2D eigenvalue weighted by atomic mass is 10.1. The van der Waals surface area contributed by atoms with E-state index in [1.54, 1.807) is 49.7 Å². The summed E-state index contributed by atoms with van der Waals surface area (Å²) in [5.41, 5.74) is 1.12. The summed E-state index contributed by atoms with van der Waals surface area (Å²) in [7, 11) is 1.47. The number of hydrogen-bond acceptors (Lipinski definition) is 7. The molecule has 2 aromatic heterocycles. The number of rotatable bonds is 11. The average Bonchev–Trinajstić information content (AvgIpc) is 3.28. The standard InChI is InChI=1S/C27H24F4N6O2/c1-4-32-10-9-16(2)34-26-23(38-3)13-33-27(35-26)25-18-7-5-6-8-22(18)37(36-25)14-19-20(28)11-17(12-21(19)29)39-15-24(30)31/h4-13,24H,2,14-15H2,1,3H3,(H,33,34,35)/b10-9-,32-4?. The number of alkyl halides is 2. The molecule has 1 N–H and O–H groups in total. The topological polar surface area (TPSA) is 86.5 Å². The first-order valence-corrected chi connectivity index (χ1v) is 11.7. The van der Waals surface area contributed by atoms with Crippen molar-refractivity contribution in [3.63, 3.8) is 0 Å². The summed E-state index contributed by atoms with van der Waals surface area (Å²) in [6.07, 6.45) is 3.54. The van der Waals surface area contributed by atoms with E-state index < -0.39 is 24.7 Å². The van der Waals surface area contributed by atoms with Gasteiger partial charge >= 0.3 is 0 Å². The number of anilines is 1. The van der Waals surface area contributed by atoms with Crippen LogP contribution in [0.25, 0.3) is 22.4 Å². The summed E-state index contributed by atoms with van der Waals surface area (Å²) in [6, 6.07) is 8.81. The number of aliphatic imine (C=N–C) groups is 1. The van der Waals surface area contributed by atoms with E-state index in [0.29, 0.717) is 33.9 Å². The monoisotopic (exact) mass is 540 g/mol. The molecular weight excluding hydrogens is 516 g/mol. The number of halogens is 4. The molecule has 0 aliphatic carbocycles. The van der Waals surface area contributed by atoms with E-state index >= 15 is 0 Å². The number of ether oxygens (including phenoxy) is 2. The molecule has 4 rings (SSSR count). The molecule has 2 heterocycles. The van der Waals surface area contributed by atoms with Gasteiger partial charge in [0.1, 0.15) is 29.7 Å². The maximum Gasteiger partial charge on any atom is 0.272 e. The molecular formula is C27H24F4N6O2. The Bertz CT molecular complexity index is 1530. The SMILES string of the molecule is C=C(/C=C\N=CC)Nc1nc(-c2nn(Cc3c(F)cc(OCC(F)F)cc3F)c3ccccc23)ncc1OC. The number of hydrogen-bond donors (Lipinski definition) is 1. The van der Waals surface area contributed by atoms with Crippen LogP contribution < -0.4 is 14.8 Å². The summed E-state index contributed by atoms with van der Waals surface area (Å²) < 4.78 is 66.0. The lowest BCUT2D eigenvalue weighted by Gasteiger charge is -2.11. The van der Waals surface area contributed by atoms with E-state index in [1.165, 1.54) is 18.0 Å². The number of nitrogens with zero attached hydrogens (tertiary/aromatic N) is 5. The normalized spacial score (nSPS) is 11.7. The zero-order chi connectivity index (χ0) is 27.9. The van der Waals surface area contributed by atoms with Crippen molar-refractivity contribution < 1.29 is 27.0 Å². The number of methoxy groups -OCH3 is 1. The van der Waals surface area contributed by atoms with Crippen molar-refractivity contribution in [2.45, 2.75) is 19.9 Å². The molecule has 0 fully saturated rings. The van der Waals surface area contributed by atoms with Crippen LogP contribution in [-0.2, 0) is 6.54 Å². The largest absolute Gasteiger partial charge is 0.491 e. The molecule has 0 bridgehead atoms. The maximum absolute atomic E-state index is 14.8. The van der Waals surface area contributed by atoms with Crippen molar-refractivity contribution in [1.82, 2.24) is 19.7 Å². The van der Waals surface area contributed by atoms with Gasteiger partial charge in [0, 0.05) is 41.2 Å². The van der Waals surface area contributed by atoms with Gasteiger partial charge in [0.25, 0.3) is 6.43 Å². The van der Waals surface area contributed by atoms with E-state index in [4.69, 9.17) is 9.47 Å². The highest BCUT2D eigenvalue weighted by Crippen LogP contribution is 2.31. The van der Waals surface area contributed by atoms with E-state index in [1.807, 2.05) is 0 Å². The lowest BCUT2D eigenvalue weighted by molar-refractivity contribution is 0.0815. The molecule has 8 nitrogen and oxygen atoms in total. The summed E-state index contributed by atoms with van der Waals surface area (Å²) in [6.45, 7) is 4.45. The van der Waals surface area contributed by atoms with Gasteiger partial charge in [0.2, 0.25) is 0 Å². The smallest absolute Gasteiger partial charge is 0.272 e. The molecule has 0 saturated carbocycles. The highest BCUT2D eigenvalue weighted by molar-refractivity contribution is 5.92. The Morgan fingerprint density at radius 3 is 2.64 bits per heavy atom. The number of benzene rings is 2. The van der Waals surface area contributed by atoms with Crippen LogP contribution in [0.4, 0.5) is 23.4 Å². The van der Waals surface area contributed by atoms with Crippen molar-refractivity contribution in [3.05, 3.63) is 84.3 Å². The zero-order valence-corrected chi connectivity index (χ0v) is 21.0. The molecule has 0 radical (unpaired) electrons. The van der Waals surface area contributed by atoms with Crippen LogP contribution >= 0.6 is 0 Å². The van der Waals surface area contributed by atoms with Gasteiger partial charge in [-0.3, -0.25) is 9.67 Å². The Labute approximate surface area is 221 Å². The third kappa shape index (κ3) is 6.40. The molecule has 0 spiro atoms. The molecule has 39 heavy (non-hydrogen) atoms. The number of para-hydroxylation sites is 1. The van der Waals surface area contributed by atoms with E-state index in [2.05, 4.69) is 32.0 Å². The van der Waals surface area contributed by atoms with Crippen molar-refractivity contribution in [1.29, 1.82) is 0 Å². The fourth-order valence-electron chi connectivity index (χ4n) is 3.67. The van der Waals surface area contributed by atoms with Gasteiger partial charge in [-0.25, -0.2) is 27.5 Å². The zero-order valence-electron chi connectivity index (χ0n) is 21.0. The first-order chi connectivity index (χ1) is 18.8. The second-order valence-corrected chi connectivity index (χ2v) is 8.07. The first kappa shape index (κ1) is 27.3. The predicted molar refractivity (Wildman–Crippen MR) is 140 cm³/mol. The average molecular weight is 541 g/mol. The molecule has 2 aromatic carbocycles. The van der Waals surface area contributed by atoms with Gasteiger partial charge in [-0.15, -0.1) is 0 Å². The summed E-state index contributed by atoms with van der Waals surface area (Å²) in [5, 5.41) is 8.24. The molecule has 202 valence electrons. The Balaban J connectivity index is 1.70. The van der Waals surface area contributed by atoms with Crippen LogP contribution in [0.1, 0.15) is 12.5 Å². The van der Waals surface area contributed by atoms with Crippen LogP contribution in [-0.4, -0.2) is 46.1 Å². The Morgan fingerprint density at radius 1 is 1.21 bits per heavy atom. The molecule has 0 unspecified atom stereocenters. The molecule has 0 amide bonds. The van der Waals surface area contributed by atoms with Crippen molar-refractivity contribution in [2.24, 2.45) is 4.99 Å². The van der Waals surface area contributed by atoms with Crippen LogP contribution in [0.15, 0.2) is 72.1 Å². The molecule has 0 saturated heterocycles. The third-order valence-electron chi connectivity index (χ3n) is 5.43. The molecule has 0 aliphatic heterocycles. The van der Waals surface area contributed by atoms with Gasteiger partial charge in [0.05, 0.1) is 25.4 Å². The molecule has 0 atom stereocenters. The number of fused-ring (bicyclic) bond motifs is 1. The quantitative estimate of drug-likeness (QED) is 0.143. The van der Waals surface area contributed by atoms with Crippen LogP contribution in [0.3, 0.4) is 0 Å². The third-order valence-corrected chi connectivity index (χ3v) is 5.43. The van der Waals surface area contributed by atoms with E-state index in [9.17, 15) is 17.6 Å². The maximum atomic E-state index is 14.8. The van der Waals surface area contributed by atoms with Gasteiger partial charge in [-0.1, -0.05) is 24.8 Å². The number of allylic oxidation sites excluding steroid dienone is 1. The Kier molecular flexibility index (Phi) is 8.54. The lowest BCUT2D eigenvalue weighted by Crippen LogP contribution is -2.10. The summed E-state index contributed by atoms with van der Waals surface area (Å²) in [4.78, 5) is 12.9. The van der Waals surface area contributed by atoms with Gasteiger partial charge in [-0.2, -0.15) is 5.10 Å². The predicted octanol–water partition coefficient (Wildman–Crippen LogP) is 6.00. The van der Waals surface area contributed by atoms with Gasteiger partial charge < -0.3 is 14.8 Å². The number of nitrogens with one attached hydrogen (secondary N) is 1. The highest BCUT2D eigenvalue weighted by atomic mass is 19.3. The molecule has 4 aromatic rings. The van der Waals surface area contributed by atoms with Crippen molar-refractivity contribution >= 4 is 22.9 Å². The van der Waals surface area contributed by atoms with Crippen LogP contribution in [0.5, 0.6) is 11.5 Å². The fourth-order valence-corrected chi connectivity index (χ4v) is 3.67. The minimum absolute atomic E-state index is 0.230. The van der Waals surface area contributed by atoms with Crippen molar-refractivity contribution in [2.75, 3.05) is 19.0 Å². The fraction of sp³-hybridized carbons (Fsp3) is 0.185. The first-order valence-electron chi connectivity index (χ1n) is 11.7. The second kappa shape index (κ2) is 12.2. The Morgan fingerprint density at radius 2 is 1.95 bits per heavy atom. The van der Waals surface area contributed by atoms with Crippen LogP contribution in [0, 0.1) is 11.6 Å². The van der Waals surface area contributed by atoms with E-state index in [0.717, 1.165) is 12.1 Å². The summed E-state index contributed by atoms with van der Waals surface area (Å²) in [5.74, 6) is -1.32. The minimum Gasteiger partial charge on any atom is -0.491 e. The van der Waals surface area contributed by atoms with Gasteiger partial charge in [0.15, 0.2) is 17.4 Å². The van der Waals surface area contributed by atoms with E-state index in [-0.39, 0.29) is 23.7 Å². The highest BCUT2D eigenvalue weighted by Gasteiger charge is 2.20. The summed E-state index contributed by atoms with van der Waals surface area (Å²) >= 11 is 0. The van der Waals surface area contributed by atoms with Crippen molar-refractivity contribution in [3.8, 4) is 23.0 Å². The Hall–Kier alpha value is -4.74.